The lowest BCUT2D eigenvalue weighted by atomic mass is 10.2. The second kappa shape index (κ2) is 8.36. The molecule has 3 rings (SSSR count). The van der Waals surface area contributed by atoms with Crippen LogP contribution >= 0.6 is 0 Å². The Morgan fingerprint density at radius 1 is 1.16 bits per heavy atom. The van der Waals surface area contributed by atoms with Crippen LogP contribution in [0.3, 0.4) is 0 Å². The van der Waals surface area contributed by atoms with E-state index in [0.717, 1.165) is 11.1 Å². The first-order valence-electron chi connectivity index (χ1n) is 7.98. The molecule has 130 valence electrons. The number of aliphatic hydroxyl groups is 1. The van der Waals surface area contributed by atoms with Gasteiger partial charge in [-0.3, -0.25) is 9.88 Å². The van der Waals surface area contributed by atoms with Crippen LogP contribution in [0.1, 0.15) is 11.5 Å². The molecule has 25 heavy (non-hydrogen) atoms. The van der Waals surface area contributed by atoms with Crippen LogP contribution in [0.25, 0.3) is 11.4 Å². The van der Waals surface area contributed by atoms with E-state index in [-0.39, 0.29) is 6.61 Å². The molecule has 0 unspecified atom stereocenters. The molecule has 2 aromatic heterocycles. The van der Waals surface area contributed by atoms with Gasteiger partial charge in [0, 0.05) is 25.5 Å². The third kappa shape index (κ3) is 4.40. The van der Waals surface area contributed by atoms with Crippen molar-refractivity contribution >= 4 is 0 Å². The molecule has 0 saturated carbocycles. The van der Waals surface area contributed by atoms with Gasteiger partial charge in [0.2, 0.25) is 11.7 Å². The van der Waals surface area contributed by atoms with Crippen molar-refractivity contribution in [1.82, 2.24) is 20.0 Å². The molecule has 0 atom stereocenters. The van der Waals surface area contributed by atoms with Gasteiger partial charge < -0.3 is 14.4 Å². The lowest BCUT2D eigenvalue weighted by Gasteiger charge is -2.18. The predicted molar refractivity (Wildman–Crippen MR) is 91.7 cm³/mol. The van der Waals surface area contributed by atoms with E-state index in [9.17, 15) is 5.11 Å². The average Bonchev–Trinajstić information content (AvgIpc) is 3.11. The molecule has 2 heterocycles. The number of hydrogen-bond acceptors (Lipinski definition) is 7. The summed E-state index contributed by atoms with van der Waals surface area (Å²) < 4.78 is 10.7. The fourth-order valence-electron chi connectivity index (χ4n) is 2.55. The minimum Gasteiger partial charge on any atom is -0.496 e. The smallest absolute Gasteiger partial charge is 0.241 e. The monoisotopic (exact) mass is 340 g/mol. The zero-order valence-electron chi connectivity index (χ0n) is 14.0. The molecule has 0 amide bonds. The summed E-state index contributed by atoms with van der Waals surface area (Å²) in [4.78, 5) is 10.6. The fourth-order valence-corrected chi connectivity index (χ4v) is 2.55. The first-order chi connectivity index (χ1) is 12.3. The highest BCUT2D eigenvalue weighted by molar-refractivity contribution is 5.63. The number of para-hydroxylation sites is 1. The summed E-state index contributed by atoms with van der Waals surface area (Å²) in [5.41, 5.74) is 1.83. The van der Waals surface area contributed by atoms with E-state index in [4.69, 9.17) is 9.26 Å². The van der Waals surface area contributed by atoms with E-state index in [0.29, 0.717) is 37.1 Å². The molecule has 0 spiro atoms. The molecule has 7 nitrogen and oxygen atoms in total. The lowest BCUT2D eigenvalue weighted by molar-refractivity contribution is 0.167. The second-order valence-electron chi connectivity index (χ2n) is 5.51. The molecule has 0 aliphatic heterocycles. The van der Waals surface area contributed by atoms with Gasteiger partial charge in [0.1, 0.15) is 5.75 Å². The van der Waals surface area contributed by atoms with E-state index < -0.39 is 0 Å². The molecule has 0 radical (unpaired) electrons. The van der Waals surface area contributed by atoms with Crippen LogP contribution in [0.2, 0.25) is 0 Å². The van der Waals surface area contributed by atoms with Gasteiger partial charge >= 0.3 is 0 Å². The highest BCUT2D eigenvalue weighted by atomic mass is 16.5. The van der Waals surface area contributed by atoms with Gasteiger partial charge in [0.15, 0.2) is 0 Å². The van der Waals surface area contributed by atoms with E-state index >= 15 is 0 Å². The van der Waals surface area contributed by atoms with Gasteiger partial charge in [0.25, 0.3) is 0 Å². The van der Waals surface area contributed by atoms with Crippen LogP contribution in [0.15, 0.2) is 53.3 Å². The summed E-state index contributed by atoms with van der Waals surface area (Å²) in [7, 11) is 1.61. The van der Waals surface area contributed by atoms with Crippen LogP contribution in [0.4, 0.5) is 0 Å². The van der Waals surface area contributed by atoms with Gasteiger partial charge in [-0.25, -0.2) is 0 Å². The Balaban J connectivity index is 1.74. The van der Waals surface area contributed by atoms with Crippen molar-refractivity contribution in [3.63, 3.8) is 0 Å². The summed E-state index contributed by atoms with van der Waals surface area (Å²) in [6.07, 6.45) is 3.54. The maximum Gasteiger partial charge on any atom is 0.241 e. The maximum atomic E-state index is 9.30. The van der Waals surface area contributed by atoms with Crippen LogP contribution < -0.4 is 4.74 Å². The van der Waals surface area contributed by atoms with E-state index in [1.54, 1.807) is 19.5 Å². The van der Waals surface area contributed by atoms with Crippen molar-refractivity contribution in [3.05, 3.63) is 60.2 Å². The van der Waals surface area contributed by atoms with Crippen molar-refractivity contribution in [2.75, 3.05) is 20.3 Å². The first kappa shape index (κ1) is 17.1. The van der Waals surface area contributed by atoms with Crippen LogP contribution in [0, 0.1) is 0 Å². The number of hydrogen-bond donors (Lipinski definition) is 1. The molecule has 0 aliphatic rings. The maximum absolute atomic E-state index is 9.30. The van der Waals surface area contributed by atoms with Gasteiger partial charge in [-0.1, -0.05) is 23.4 Å². The van der Waals surface area contributed by atoms with Crippen molar-refractivity contribution in [3.8, 4) is 17.1 Å². The minimum absolute atomic E-state index is 0.0494. The third-order valence-corrected chi connectivity index (χ3v) is 3.72. The van der Waals surface area contributed by atoms with Crippen LogP contribution in [-0.4, -0.2) is 45.4 Å². The Morgan fingerprint density at radius 2 is 2.04 bits per heavy atom. The van der Waals surface area contributed by atoms with E-state index in [1.165, 1.54) is 0 Å². The van der Waals surface area contributed by atoms with E-state index in [2.05, 4.69) is 15.1 Å². The third-order valence-electron chi connectivity index (χ3n) is 3.72. The Kier molecular flexibility index (Phi) is 5.71. The number of nitrogens with zero attached hydrogens (tertiary/aromatic N) is 4. The van der Waals surface area contributed by atoms with Crippen LogP contribution in [-0.2, 0) is 13.1 Å². The summed E-state index contributed by atoms with van der Waals surface area (Å²) in [6, 6.07) is 11.4. The molecule has 0 aliphatic carbocycles. The number of pyridine rings is 1. The van der Waals surface area contributed by atoms with Crippen molar-refractivity contribution < 1.29 is 14.4 Å². The highest BCUT2D eigenvalue weighted by Crippen LogP contribution is 2.27. The Labute approximate surface area is 145 Å². The standard InChI is InChI=1S/C18H20N4O3/c1-24-16-7-3-2-6-15(16)18-20-17(25-21-18)13-22(9-10-23)12-14-5-4-8-19-11-14/h2-8,11,23H,9-10,12-13H2,1H3. The highest BCUT2D eigenvalue weighted by Gasteiger charge is 2.15. The summed E-state index contributed by atoms with van der Waals surface area (Å²) >= 11 is 0. The van der Waals surface area contributed by atoms with E-state index in [1.807, 2.05) is 41.3 Å². The topological polar surface area (TPSA) is 84.5 Å². The van der Waals surface area contributed by atoms with Crippen LogP contribution in [0.5, 0.6) is 5.75 Å². The number of methoxy groups -OCH3 is 1. The molecular weight excluding hydrogens is 320 g/mol. The number of rotatable bonds is 8. The van der Waals surface area contributed by atoms with Crippen molar-refractivity contribution in [2.45, 2.75) is 13.1 Å². The average molecular weight is 340 g/mol. The Morgan fingerprint density at radius 3 is 2.80 bits per heavy atom. The van der Waals surface area contributed by atoms with Crippen molar-refractivity contribution in [2.24, 2.45) is 0 Å². The SMILES string of the molecule is COc1ccccc1-c1noc(CN(CCO)Cc2cccnc2)n1. The molecule has 1 N–H and O–H groups in total. The quantitative estimate of drug-likeness (QED) is 0.672. The lowest BCUT2D eigenvalue weighted by Crippen LogP contribution is -2.26. The minimum atomic E-state index is 0.0494. The molecule has 7 heteroatoms. The Hall–Kier alpha value is -2.77. The van der Waals surface area contributed by atoms with Gasteiger partial charge in [0.05, 0.1) is 25.8 Å². The van der Waals surface area contributed by atoms with Gasteiger partial charge in [-0.05, 0) is 23.8 Å². The second-order valence-corrected chi connectivity index (χ2v) is 5.51. The number of ether oxygens (including phenoxy) is 1. The molecular formula is C18H20N4O3. The number of aromatic nitrogens is 3. The van der Waals surface area contributed by atoms with Crippen molar-refractivity contribution in [1.29, 1.82) is 0 Å². The predicted octanol–water partition coefficient (Wildman–Crippen LogP) is 2.13. The molecule has 1 aromatic carbocycles. The Bertz CT molecular complexity index is 792. The zero-order chi connectivity index (χ0) is 17.5. The number of benzene rings is 1. The summed E-state index contributed by atoms with van der Waals surface area (Å²) in [5.74, 6) is 1.66. The summed E-state index contributed by atoms with van der Waals surface area (Å²) in [6.45, 7) is 1.63. The molecule has 0 bridgehead atoms. The molecule has 3 aromatic rings. The normalized spacial score (nSPS) is 11.0. The number of aliphatic hydroxyl groups excluding tert-OH is 1. The van der Waals surface area contributed by atoms with Gasteiger partial charge in [-0.2, -0.15) is 4.98 Å². The fraction of sp³-hybridized carbons (Fsp3) is 0.278. The first-order valence-corrected chi connectivity index (χ1v) is 7.98. The summed E-state index contributed by atoms with van der Waals surface area (Å²) in [5, 5.41) is 13.4. The molecule has 0 fully saturated rings. The largest absolute Gasteiger partial charge is 0.496 e. The zero-order valence-corrected chi connectivity index (χ0v) is 14.0. The molecule has 0 saturated heterocycles. The van der Waals surface area contributed by atoms with Gasteiger partial charge in [-0.15, -0.1) is 0 Å².